The van der Waals surface area contributed by atoms with E-state index in [1.54, 1.807) is 30.3 Å². The molecule has 9 heteroatoms. The molecule has 0 aliphatic carbocycles. The summed E-state index contributed by atoms with van der Waals surface area (Å²) in [6.07, 6.45) is 0.663. The van der Waals surface area contributed by atoms with Crippen molar-refractivity contribution in [2.24, 2.45) is 5.14 Å². The molecule has 0 fully saturated rings. The number of primary sulfonamides is 1. The van der Waals surface area contributed by atoms with Crippen molar-refractivity contribution in [3.8, 4) is 0 Å². The number of hydrogen-bond acceptors (Lipinski definition) is 3. The molecule has 2 aromatic rings. The van der Waals surface area contributed by atoms with Gasteiger partial charge in [-0.05, 0) is 54.5 Å². The molecule has 0 radical (unpaired) electrons. The van der Waals surface area contributed by atoms with Gasteiger partial charge in [-0.15, -0.1) is 0 Å². The van der Waals surface area contributed by atoms with Crippen molar-refractivity contribution in [1.82, 2.24) is 5.32 Å². The Balaban J connectivity index is 1.85. The average Bonchev–Trinajstić information content (AvgIpc) is 2.50. The van der Waals surface area contributed by atoms with Gasteiger partial charge < -0.3 is 10.6 Å². The minimum absolute atomic E-state index is 0.0898. The maximum absolute atomic E-state index is 11.2. The third-order valence-electron chi connectivity index (χ3n) is 3.13. The molecular weight excluding hydrogens is 389 g/mol. The molecule has 0 amide bonds. The summed E-state index contributed by atoms with van der Waals surface area (Å²) in [5, 5.41) is 12.6. The smallest absolute Gasteiger partial charge is 0.238 e. The van der Waals surface area contributed by atoms with Gasteiger partial charge in [0.2, 0.25) is 10.0 Å². The van der Waals surface area contributed by atoms with Crippen LogP contribution < -0.4 is 15.8 Å². The Morgan fingerprint density at radius 2 is 1.79 bits per heavy atom. The molecule has 4 N–H and O–H groups in total. The van der Waals surface area contributed by atoms with Crippen LogP contribution in [0.15, 0.2) is 47.4 Å². The molecule has 0 bridgehead atoms. The molecule has 0 aliphatic rings. The Hall–Kier alpha value is -1.38. The van der Waals surface area contributed by atoms with Gasteiger partial charge in [-0.25, -0.2) is 13.6 Å². The first-order valence-corrected chi connectivity index (χ1v) is 9.58. The third-order valence-corrected chi connectivity index (χ3v) is 4.87. The van der Waals surface area contributed by atoms with Crippen LogP contribution in [-0.2, 0) is 16.4 Å². The summed E-state index contributed by atoms with van der Waals surface area (Å²) in [6.45, 7) is 0.568. The lowest BCUT2D eigenvalue weighted by Crippen LogP contribution is -2.30. The predicted molar refractivity (Wildman–Crippen MR) is 102 cm³/mol. The second-order valence-corrected chi connectivity index (χ2v) is 7.76. The average molecular weight is 404 g/mol. The number of sulfonamides is 1. The number of halogens is 2. The van der Waals surface area contributed by atoms with Gasteiger partial charge in [-0.1, -0.05) is 35.3 Å². The zero-order valence-corrected chi connectivity index (χ0v) is 15.6. The van der Waals surface area contributed by atoms with Gasteiger partial charge in [0, 0.05) is 11.6 Å². The molecule has 0 aliphatic heterocycles. The minimum Gasteiger partial charge on any atom is -0.362 e. The highest BCUT2D eigenvalue weighted by molar-refractivity contribution is 7.89. The topological polar surface area (TPSA) is 84.2 Å². The number of nitrogens with one attached hydrogen (secondary N) is 2. The minimum atomic E-state index is -3.67. The van der Waals surface area contributed by atoms with Crippen LogP contribution in [0.4, 0.5) is 5.69 Å². The standard InChI is InChI=1S/C15H15Cl2N3O2S2/c16-11-3-6-13(17)14(9-11)20-15(23)19-8-7-10-1-4-12(5-2-10)24(18,21)22/h1-6,9H,7-8H2,(H2,18,21,22)(H2,19,20,23). The van der Waals surface area contributed by atoms with E-state index in [1.165, 1.54) is 12.1 Å². The summed E-state index contributed by atoms with van der Waals surface area (Å²) in [4.78, 5) is 0.0898. The highest BCUT2D eigenvalue weighted by Gasteiger charge is 2.07. The molecule has 0 atom stereocenters. The molecule has 0 saturated heterocycles. The van der Waals surface area contributed by atoms with E-state index in [2.05, 4.69) is 10.6 Å². The van der Waals surface area contributed by atoms with E-state index in [4.69, 9.17) is 40.6 Å². The Labute approximate surface area is 156 Å². The maximum atomic E-state index is 11.2. The van der Waals surface area contributed by atoms with Gasteiger partial charge in [0.05, 0.1) is 15.6 Å². The quantitative estimate of drug-likeness (QED) is 0.667. The first-order chi connectivity index (χ1) is 11.3. The van der Waals surface area contributed by atoms with Crippen LogP contribution in [0, 0.1) is 0 Å². The second kappa shape index (κ2) is 8.13. The van der Waals surface area contributed by atoms with Crippen LogP contribution in [0.1, 0.15) is 5.56 Å². The Morgan fingerprint density at radius 3 is 2.42 bits per heavy atom. The molecule has 2 aromatic carbocycles. The Kier molecular flexibility index (Phi) is 6.42. The lowest BCUT2D eigenvalue weighted by atomic mass is 10.1. The number of nitrogens with two attached hydrogens (primary N) is 1. The van der Waals surface area contributed by atoms with Gasteiger partial charge in [-0.3, -0.25) is 0 Å². The van der Waals surface area contributed by atoms with E-state index in [1.807, 2.05) is 0 Å². The van der Waals surface area contributed by atoms with Gasteiger partial charge in [0.1, 0.15) is 0 Å². The molecule has 128 valence electrons. The van der Waals surface area contributed by atoms with Crippen molar-refractivity contribution < 1.29 is 8.42 Å². The molecule has 24 heavy (non-hydrogen) atoms. The van der Waals surface area contributed by atoms with E-state index in [0.717, 1.165) is 5.56 Å². The zero-order valence-electron chi connectivity index (χ0n) is 12.4. The van der Waals surface area contributed by atoms with E-state index < -0.39 is 10.0 Å². The fraction of sp³-hybridized carbons (Fsp3) is 0.133. The lowest BCUT2D eigenvalue weighted by molar-refractivity contribution is 0.598. The largest absolute Gasteiger partial charge is 0.362 e. The second-order valence-electron chi connectivity index (χ2n) is 4.94. The Morgan fingerprint density at radius 1 is 1.12 bits per heavy atom. The molecule has 5 nitrogen and oxygen atoms in total. The Bertz CT molecular complexity index is 840. The fourth-order valence-electron chi connectivity index (χ4n) is 1.93. The molecule has 0 saturated carbocycles. The predicted octanol–water partition coefficient (Wildman–Crippen LogP) is 3.17. The monoisotopic (exact) mass is 403 g/mol. The highest BCUT2D eigenvalue weighted by Crippen LogP contribution is 2.25. The maximum Gasteiger partial charge on any atom is 0.238 e. The van der Waals surface area contributed by atoms with Crippen molar-refractivity contribution in [3.63, 3.8) is 0 Å². The summed E-state index contributed by atoms with van der Waals surface area (Å²) in [5.41, 5.74) is 1.58. The summed E-state index contributed by atoms with van der Waals surface area (Å²) in [6, 6.07) is 11.4. The number of anilines is 1. The molecule has 0 spiro atoms. The summed E-state index contributed by atoms with van der Waals surface area (Å²) >= 11 is 17.2. The number of hydrogen-bond donors (Lipinski definition) is 3. The summed E-state index contributed by atoms with van der Waals surface area (Å²) < 4.78 is 22.4. The van der Waals surface area contributed by atoms with Crippen LogP contribution in [0.25, 0.3) is 0 Å². The number of benzene rings is 2. The van der Waals surface area contributed by atoms with Crippen molar-refractivity contribution in [2.75, 3.05) is 11.9 Å². The highest BCUT2D eigenvalue weighted by atomic mass is 35.5. The number of thiocarbonyl (C=S) groups is 1. The first-order valence-electron chi connectivity index (χ1n) is 6.87. The van der Waals surface area contributed by atoms with Crippen molar-refractivity contribution in [2.45, 2.75) is 11.3 Å². The lowest BCUT2D eigenvalue weighted by Gasteiger charge is -2.12. The van der Waals surface area contributed by atoms with E-state index in [-0.39, 0.29) is 4.90 Å². The van der Waals surface area contributed by atoms with Crippen LogP contribution in [0.3, 0.4) is 0 Å². The summed E-state index contributed by atoms with van der Waals surface area (Å²) in [5.74, 6) is 0. The molecular formula is C15H15Cl2N3O2S2. The van der Waals surface area contributed by atoms with Crippen molar-refractivity contribution >= 4 is 56.2 Å². The molecule has 2 rings (SSSR count). The molecule has 0 unspecified atom stereocenters. The van der Waals surface area contributed by atoms with Crippen LogP contribution in [-0.4, -0.2) is 20.1 Å². The van der Waals surface area contributed by atoms with Gasteiger partial charge >= 0.3 is 0 Å². The van der Waals surface area contributed by atoms with Gasteiger partial charge in [0.25, 0.3) is 0 Å². The van der Waals surface area contributed by atoms with Crippen LogP contribution in [0.5, 0.6) is 0 Å². The van der Waals surface area contributed by atoms with Crippen LogP contribution in [0.2, 0.25) is 10.0 Å². The van der Waals surface area contributed by atoms with E-state index >= 15 is 0 Å². The molecule has 0 aromatic heterocycles. The normalized spacial score (nSPS) is 11.1. The first kappa shape index (κ1) is 19.0. The number of rotatable bonds is 5. The van der Waals surface area contributed by atoms with E-state index in [0.29, 0.717) is 33.8 Å². The third kappa shape index (κ3) is 5.61. The van der Waals surface area contributed by atoms with Crippen molar-refractivity contribution in [1.29, 1.82) is 0 Å². The fourth-order valence-corrected chi connectivity index (χ4v) is 2.99. The van der Waals surface area contributed by atoms with Crippen LogP contribution >= 0.6 is 35.4 Å². The van der Waals surface area contributed by atoms with Crippen molar-refractivity contribution in [3.05, 3.63) is 58.1 Å². The SMILES string of the molecule is NS(=O)(=O)c1ccc(CCNC(=S)Nc2cc(Cl)ccc2Cl)cc1. The molecule has 0 heterocycles. The van der Waals surface area contributed by atoms with Gasteiger partial charge in [0.15, 0.2) is 5.11 Å². The van der Waals surface area contributed by atoms with E-state index in [9.17, 15) is 8.42 Å². The summed E-state index contributed by atoms with van der Waals surface area (Å²) in [7, 11) is -3.67. The van der Waals surface area contributed by atoms with Gasteiger partial charge in [-0.2, -0.15) is 0 Å². The zero-order chi connectivity index (χ0) is 17.7.